The SMILES string of the molecule is O=C(O)c1cc(F)c(C#CCCBr)cc1[N+](=O)[O-]. The predicted octanol–water partition coefficient (Wildman–Crippen LogP) is 2.57. The number of nitro groups is 1. The van der Waals surface area contributed by atoms with Crippen molar-refractivity contribution >= 4 is 27.6 Å². The van der Waals surface area contributed by atoms with Crippen LogP contribution in [0.2, 0.25) is 0 Å². The van der Waals surface area contributed by atoms with Gasteiger partial charge in [0, 0.05) is 17.8 Å². The summed E-state index contributed by atoms with van der Waals surface area (Å²) >= 11 is 3.13. The van der Waals surface area contributed by atoms with Gasteiger partial charge in [-0.2, -0.15) is 0 Å². The topological polar surface area (TPSA) is 80.4 Å². The Morgan fingerprint density at radius 1 is 1.56 bits per heavy atom. The molecular formula is C11H7BrFNO4. The number of hydrogen-bond acceptors (Lipinski definition) is 3. The summed E-state index contributed by atoms with van der Waals surface area (Å²) < 4.78 is 13.5. The summed E-state index contributed by atoms with van der Waals surface area (Å²) in [5.74, 6) is 2.58. The minimum atomic E-state index is -1.56. The maximum Gasteiger partial charge on any atom is 0.342 e. The smallest absolute Gasteiger partial charge is 0.342 e. The van der Waals surface area contributed by atoms with Crippen molar-refractivity contribution in [2.45, 2.75) is 6.42 Å². The molecule has 0 heterocycles. The van der Waals surface area contributed by atoms with Gasteiger partial charge in [-0.1, -0.05) is 27.8 Å². The van der Waals surface area contributed by atoms with Crippen molar-refractivity contribution in [1.82, 2.24) is 0 Å². The standard InChI is InChI=1S/C11H7BrFNO4/c12-4-2-1-3-7-5-10(14(17)18)8(11(15)16)6-9(7)13/h5-6H,2,4H2,(H,15,16). The second kappa shape index (κ2) is 6.12. The number of carboxylic acid groups (broad SMARTS) is 1. The van der Waals surface area contributed by atoms with E-state index in [0.717, 1.165) is 6.07 Å². The highest BCUT2D eigenvalue weighted by Crippen LogP contribution is 2.22. The molecule has 0 aromatic heterocycles. The third kappa shape index (κ3) is 3.28. The minimum Gasteiger partial charge on any atom is -0.477 e. The maximum absolute atomic E-state index is 13.5. The molecule has 0 spiro atoms. The molecule has 0 bridgehead atoms. The van der Waals surface area contributed by atoms with Gasteiger partial charge in [-0.3, -0.25) is 10.1 Å². The maximum atomic E-state index is 13.5. The molecule has 0 amide bonds. The van der Waals surface area contributed by atoms with Gasteiger partial charge in [0.05, 0.1) is 10.5 Å². The number of hydrogen-bond donors (Lipinski definition) is 1. The van der Waals surface area contributed by atoms with Crippen LogP contribution in [0.15, 0.2) is 12.1 Å². The van der Waals surface area contributed by atoms with E-state index < -0.39 is 28.0 Å². The fourth-order valence-corrected chi connectivity index (χ4v) is 1.38. The van der Waals surface area contributed by atoms with E-state index in [9.17, 15) is 19.3 Å². The molecule has 1 rings (SSSR count). The summed E-state index contributed by atoms with van der Waals surface area (Å²) in [6.45, 7) is 0. The van der Waals surface area contributed by atoms with E-state index in [1.165, 1.54) is 0 Å². The van der Waals surface area contributed by atoms with Gasteiger partial charge in [-0.15, -0.1) is 0 Å². The van der Waals surface area contributed by atoms with Gasteiger partial charge in [-0.05, 0) is 6.07 Å². The molecule has 0 aliphatic carbocycles. The van der Waals surface area contributed by atoms with Crippen molar-refractivity contribution in [3.05, 3.63) is 39.2 Å². The number of rotatable bonds is 3. The van der Waals surface area contributed by atoms with Crippen LogP contribution in [-0.2, 0) is 0 Å². The molecule has 7 heteroatoms. The quantitative estimate of drug-likeness (QED) is 0.402. The molecule has 0 unspecified atom stereocenters. The monoisotopic (exact) mass is 315 g/mol. The van der Waals surface area contributed by atoms with Crippen molar-refractivity contribution < 1.29 is 19.2 Å². The normalized spacial score (nSPS) is 9.44. The highest BCUT2D eigenvalue weighted by molar-refractivity contribution is 9.09. The first-order valence-electron chi connectivity index (χ1n) is 4.73. The highest BCUT2D eigenvalue weighted by atomic mass is 79.9. The van der Waals surface area contributed by atoms with Crippen molar-refractivity contribution in [1.29, 1.82) is 0 Å². The molecule has 1 aromatic carbocycles. The van der Waals surface area contributed by atoms with Gasteiger partial charge in [0.1, 0.15) is 11.4 Å². The molecule has 0 aliphatic rings. The van der Waals surface area contributed by atoms with Crippen LogP contribution in [-0.4, -0.2) is 21.3 Å². The molecule has 0 radical (unpaired) electrons. The van der Waals surface area contributed by atoms with E-state index in [0.29, 0.717) is 17.8 Å². The fourth-order valence-electron chi connectivity index (χ4n) is 1.18. The van der Waals surface area contributed by atoms with E-state index in [-0.39, 0.29) is 5.56 Å². The Balaban J connectivity index is 3.33. The van der Waals surface area contributed by atoms with Crippen molar-refractivity contribution in [3.63, 3.8) is 0 Å². The lowest BCUT2D eigenvalue weighted by atomic mass is 10.1. The Labute approximate surface area is 110 Å². The van der Waals surface area contributed by atoms with Crippen LogP contribution in [0.4, 0.5) is 10.1 Å². The largest absolute Gasteiger partial charge is 0.477 e. The first kappa shape index (κ1) is 14.1. The summed E-state index contributed by atoms with van der Waals surface area (Å²) in [5, 5.41) is 20.0. The van der Waals surface area contributed by atoms with Gasteiger partial charge in [0.2, 0.25) is 0 Å². The second-order valence-electron chi connectivity index (χ2n) is 3.15. The molecular weight excluding hydrogens is 309 g/mol. The number of alkyl halides is 1. The minimum absolute atomic E-state index is 0.187. The van der Waals surface area contributed by atoms with E-state index in [1.54, 1.807) is 0 Å². The molecule has 1 aromatic rings. The van der Waals surface area contributed by atoms with E-state index in [1.807, 2.05) is 0 Å². The van der Waals surface area contributed by atoms with Crippen molar-refractivity contribution in [3.8, 4) is 11.8 Å². The summed E-state index contributed by atoms with van der Waals surface area (Å²) in [5.41, 5.74) is -1.55. The van der Waals surface area contributed by atoms with Crippen LogP contribution in [0.3, 0.4) is 0 Å². The van der Waals surface area contributed by atoms with Crippen LogP contribution in [0.1, 0.15) is 22.3 Å². The summed E-state index contributed by atoms with van der Waals surface area (Å²) in [6.07, 6.45) is 0.452. The van der Waals surface area contributed by atoms with Gasteiger partial charge in [-0.25, -0.2) is 9.18 Å². The summed E-state index contributed by atoms with van der Waals surface area (Å²) in [7, 11) is 0. The number of halogens is 2. The van der Waals surface area contributed by atoms with Gasteiger partial charge >= 0.3 is 5.97 Å². The summed E-state index contributed by atoms with van der Waals surface area (Å²) in [4.78, 5) is 20.5. The molecule has 0 saturated carbocycles. The zero-order valence-electron chi connectivity index (χ0n) is 8.94. The fraction of sp³-hybridized carbons (Fsp3) is 0.182. The van der Waals surface area contributed by atoms with Crippen LogP contribution < -0.4 is 0 Å². The van der Waals surface area contributed by atoms with Crippen LogP contribution in [0.5, 0.6) is 0 Å². The molecule has 1 N–H and O–H groups in total. The third-order valence-corrected chi connectivity index (χ3v) is 2.35. The Hall–Kier alpha value is -1.94. The lowest BCUT2D eigenvalue weighted by Gasteiger charge is -2.00. The summed E-state index contributed by atoms with van der Waals surface area (Å²) in [6, 6.07) is 1.44. The molecule has 0 fully saturated rings. The van der Waals surface area contributed by atoms with Gasteiger partial charge in [0.25, 0.3) is 5.69 Å². The number of carboxylic acids is 1. The highest BCUT2D eigenvalue weighted by Gasteiger charge is 2.22. The Bertz CT molecular complexity index is 562. The number of nitrogens with zero attached hydrogens (tertiary/aromatic N) is 1. The van der Waals surface area contributed by atoms with Crippen LogP contribution in [0.25, 0.3) is 0 Å². The van der Waals surface area contributed by atoms with E-state index in [2.05, 4.69) is 27.8 Å². The molecule has 18 heavy (non-hydrogen) atoms. The molecule has 0 aliphatic heterocycles. The first-order valence-corrected chi connectivity index (χ1v) is 5.85. The van der Waals surface area contributed by atoms with Gasteiger partial charge in [0.15, 0.2) is 0 Å². The predicted molar refractivity (Wildman–Crippen MR) is 65.3 cm³/mol. The van der Waals surface area contributed by atoms with E-state index in [4.69, 9.17) is 5.11 Å². The number of benzene rings is 1. The second-order valence-corrected chi connectivity index (χ2v) is 3.95. The Morgan fingerprint density at radius 2 is 2.22 bits per heavy atom. The van der Waals surface area contributed by atoms with E-state index >= 15 is 0 Å². The number of carbonyl (C=O) groups is 1. The first-order chi connectivity index (χ1) is 8.47. The Kier molecular flexibility index (Phi) is 4.80. The van der Waals surface area contributed by atoms with Crippen LogP contribution >= 0.6 is 15.9 Å². The number of nitro benzene ring substituents is 1. The average molecular weight is 316 g/mol. The lowest BCUT2D eigenvalue weighted by molar-refractivity contribution is -0.385. The van der Waals surface area contributed by atoms with Crippen LogP contribution in [0, 0.1) is 27.8 Å². The molecule has 94 valence electrons. The zero-order chi connectivity index (χ0) is 13.7. The molecule has 0 atom stereocenters. The van der Waals surface area contributed by atoms with Crippen molar-refractivity contribution in [2.75, 3.05) is 5.33 Å². The molecule has 5 nitrogen and oxygen atoms in total. The number of aromatic carboxylic acids is 1. The van der Waals surface area contributed by atoms with Gasteiger partial charge < -0.3 is 5.11 Å². The lowest BCUT2D eigenvalue weighted by Crippen LogP contribution is -2.04. The zero-order valence-corrected chi connectivity index (χ0v) is 10.5. The Morgan fingerprint density at radius 3 is 2.72 bits per heavy atom. The molecule has 0 saturated heterocycles. The van der Waals surface area contributed by atoms with Crippen molar-refractivity contribution in [2.24, 2.45) is 0 Å². The third-order valence-electron chi connectivity index (χ3n) is 1.96. The average Bonchev–Trinajstić information content (AvgIpc) is 2.30.